The Bertz CT molecular complexity index is 1070. The first-order valence-corrected chi connectivity index (χ1v) is 12.9. The molecule has 9 heteroatoms. The molecule has 0 bridgehead atoms. The van der Waals surface area contributed by atoms with Crippen LogP contribution in [0.5, 0.6) is 5.75 Å². The molecule has 1 N–H and O–H groups in total. The Hall–Kier alpha value is -2.53. The fourth-order valence-corrected chi connectivity index (χ4v) is 6.06. The number of halogens is 1. The van der Waals surface area contributed by atoms with Crippen molar-refractivity contribution in [1.82, 2.24) is 10.2 Å². The Labute approximate surface area is 210 Å². The number of benzene rings is 2. The first kappa shape index (κ1) is 23.6. The molecule has 2 heterocycles. The lowest BCUT2D eigenvalue weighted by Crippen LogP contribution is -2.70. The van der Waals surface area contributed by atoms with Crippen molar-refractivity contribution < 1.29 is 23.9 Å². The van der Waals surface area contributed by atoms with Gasteiger partial charge in [-0.1, -0.05) is 65.1 Å². The maximum absolute atomic E-state index is 13.0. The molecule has 33 heavy (non-hydrogen) atoms. The van der Waals surface area contributed by atoms with Crippen LogP contribution >= 0.6 is 34.4 Å². The van der Waals surface area contributed by atoms with Gasteiger partial charge in [-0.3, -0.25) is 14.5 Å². The summed E-state index contributed by atoms with van der Waals surface area (Å²) in [6.45, 7) is 0.0952. The number of hydrogen-bond donors (Lipinski definition) is 1. The van der Waals surface area contributed by atoms with Gasteiger partial charge in [0.05, 0.1) is 13.5 Å². The van der Waals surface area contributed by atoms with Crippen molar-refractivity contribution >= 4 is 52.1 Å². The van der Waals surface area contributed by atoms with E-state index in [2.05, 4.69) is 27.9 Å². The number of thioether (sulfide) groups is 1. The van der Waals surface area contributed by atoms with Crippen molar-refractivity contribution in [3.05, 3.63) is 77.0 Å². The second kappa shape index (κ2) is 10.6. The van der Waals surface area contributed by atoms with Gasteiger partial charge < -0.3 is 14.8 Å². The first-order valence-electron chi connectivity index (χ1n) is 10.4. The second-order valence-corrected chi connectivity index (χ2v) is 9.50. The van der Waals surface area contributed by atoms with Crippen LogP contribution in [0.4, 0.5) is 0 Å². The van der Waals surface area contributed by atoms with Crippen molar-refractivity contribution in [1.29, 1.82) is 0 Å². The smallest absolute Gasteiger partial charge is 0.355 e. The normalized spacial score (nSPS) is 19.5. The number of amides is 2. The van der Waals surface area contributed by atoms with Gasteiger partial charge in [0, 0.05) is 10.2 Å². The van der Waals surface area contributed by atoms with Crippen LogP contribution in [0.1, 0.15) is 11.1 Å². The zero-order chi connectivity index (χ0) is 23.4. The number of hydrogen-bond acceptors (Lipinski definition) is 6. The summed E-state index contributed by atoms with van der Waals surface area (Å²) in [4.78, 5) is 39.9. The summed E-state index contributed by atoms with van der Waals surface area (Å²) in [6.07, 6.45) is 0.202. The molecule has 0 radical (unpaired) electrons. The van der Waals surface area contributed by atoms with Crippen LogP contribution in [0.2, 0.25) is 0 Å². The molecule has 2 amide bonds. The molecule has 2 aromatic carbocycles. The van der Waals surface area contributed by atoms with Crippen molar-refractivity contribution in [2.75, 3.05) is 17.3 Å². The van der Waals surface area contributed by atoms with E-state index in [1.165, 1.54) is 4.90 Å². The molecule has 2 aliphatic heterocycles. The van der Waals surface area contributed by atoms with Crippen molar-refractivity contribution in [2.24, 2.45) is 0 Å². The van der Waals surface area contributed by atoms with Crippen LogP contribution in [-0.2, 0) is 32.1 Å². The summed E-state index contributed by atoms with van der Waals surface area (Å²) in [7, 11) is 1.59. The highest BCUT2D eigenvalue weighted by Gasteiger charge is 2.54. The highest BCUT2D eigenvalue weighted by Crippen LogP contribution is 2.41. The molecular formula is C24H23IN2O5S. The fraction of sp³-hybridized carbons (Fsp3) is 0.292. The van der Waals surface area contributed by atoms with E-state index in [0.717, 1.165) is 22.4 Å². The monoisotopic (exact) mass is 578 g/mol. The molecule has 1 fully saturated rings. The van der Waals surface area contributed by atoms with Crippen LogP contribution in [0.15, 0.2) is 65.9 Å². The summed E-state index contributed by atoms with van der Waals surface area (Å²) in [6, 6.07) is 16.0. The van der Waals surface area contributed by atoms with E-state index in [9.17, 15) is 14.4 Å². The largest absolute Gasteiger partial charge is 0.497 e. The summed E-state index contributed by atoms with van der Waals surface area (Å²) in [5.41, 5.74) is 2.87. The van der Waals surface area contributed by atoms with Crippen molar-refractivity contribution in [3.63, 3.8) is 0 Å². The van der Waals surface area contributed by atoms with Gasteiger partial charge >= 0.3 is 5.97 Å². The minimum Gasteiger partial charge on any atom is -0.497 e. The van der Waals surface area contributed by atoms with E-state index < -0.39 is 12.0 Å². The Morgan fingerprint density at radius 3 is 2.52 bits per heavy atom. The van der Waals surface area contributed by atoms with E-state index in [0.29, 0.717) is 15.9 Å². The molecule has 2 atom stereocenters. The van der Waals surface area contributed by atoms with E-state index >= 15 is 0 Å². The number of ether oxygens (including phenoxy) is 2. The lowest BCUT2D eigenvalue weighted by atomic mass is 10.0. The highest BCUT2D eigenvalue weighted by atomic mass is 127. The molecule has 0 saturated carbocycles. The van der Waals surface area contributed by atoms with Crippen LogP contribution in [0.25, 0.3) is 0 Å². The van der Waals surface area contributed by atoms with Crippen LogP contribution in [0, 0.1) is 0 Å². The third-order valence-electron chi connectivity index (χ3n) is 5.45. The number of fused-ring (bicyclic) bond motifs is 1. The Balaban J connectivity index is 1.41. The molecule has 0 spiro atoms. The third-order valence-corrected chi connectivity index (χ3v) is 7.72. The Morgan fingerprint density at radius 2 is 1.85 bits per heavy atom. The van der Waals surface area contributed by atoms with E-state index in [1.807, 2.05) is 42.5 Å². The molecule has 2 aromatic rings. The summed E-state index contributed by atoms with van der Waals surface area (Å²) in [5, 5.41) is 2.52. The molecule has 0 aliphatic carbocycles. The number of esters is 1. The van der Waals surface area contributed by atoms with E-state index in [-0.39, 0.29) is 30.2 Å². The van der Waals surface area contributed by atoms with Crippen molar-refractivity contribution in [2.45, 2.75) is 24.4 Å². The molecule has 2 aliphatic rings. The maximum Gasteiger partial charge on any atom is 0.355 e. The summed E-state index contributed by atoms with van der Waals surface area (Å²) < 4.78 is 11.3. The number of alkyl halides is 1. The van der Waals surface area contributed by atoms with Gasteiger partial charge in [-0.2, -0.15) is 0 Å². The van der Waals surface area contributed by atoms with Gasteiger partial charge in [0.1, 0.15) is 29.5 Å². The second-order valence-electron chi connectivity index (χ2n) is 7.63. The Morgan fingerprint density at radius 1 is 1.12 bits per heavy atom. The molecule has 1 saturated heterocycles. The van der Waals surface area contributed by atoms with E-state index in [4.69, 9.17) is 9.47 Å². The van der Waals surface area contributed by atoms with Gasteiger partial charge in [0.2, 0.25) is 5.91 Å². The number of nitrogens with one attached hydrogen (secondary N) is 1. The molecule has 4 rings (SSSR count). The van der Waals surface area contributed by atoms with E-state index in [1.54, 1.807) is 31.0 Å². The number of nitrogens with zero attached hydrogens (tertiary/aromatic N) is 1. The predicted octanol–water partition coefficient (Wildman–Crippen LogP) is 3.07. The minimum absolute atomic E-state index is 0.0952. The molecular weight excluding hydrogens is 555 g/mol. The average Bonchev–Trinajstić information content (AvgIpc) is 2.85. The number of β-lactam (4-membered cyclic amide) rings is 1. The standard InChI is InChI=1S/C24H23IN2O5S/c1-31-18-9-7-16(8-10-18)13-32-24(30)21-17(12-25)14-33-23-20(22(29)27(21)23)26-19(28)11-15-5-3-2-4-6-15/h2-10,20,23H,11-14H2,1H3,(H,26,28). The van der Waals surface area contributed by atoms with Gasteiger partial charge in [-0.05, 0) is 28.8 Å². The van der Waals surface area contributed by atoms with Gasteiger partial charge in [-0.25, -0.2) is 4.79 Å². The Kier molecular flexibility index (Phi) is 7.59. The topological polar surface area (TPSA) is 84.9 Å². The van der Waals surface area contributed by atoms with Gasteiger partial charge in [-0.15, -0.1) is 11.8 Å². The van der Waals surface area contributed by atoms with Crippen LogP contribution in [0.3, 0.4) is 0 Å². The molecule has 2 unspecified atom stereocenters. The van der Waals surface area contributed by atoms with Gasteiger partial charge in [0.15, 0.2) is 0 Å². The molecule has 7 nitrogen and oxygen atoms in total. The quantitative estimate of drug-likeness (QED) is 0.225. The minimum atomic E-state index is -0.647. The maximum atomic E-state index is 13.0. The first-order chi connectivity index (χ1) is 16.0. The number of carbonyl (C=O) groups excluding carboxylic acids is 3. The third kappa shape index (κ3) is 5.19. The highest BCUT2D eigenvalue weighted by molar-refractivity contribution is 14.1. The average molecular weight is 578 g/mol. The zero-order valence-electron chi connectivity index (χ0n) is 18.0. The molecule has 172 valence electrons. The number of rotatable bonds is 8. The SMILES string of the molecule is COc1ccc(COC(=O)C2=C(CI)CSC3C(NC(=O)Cc4ccccc4)C(=O)N23)cc1. The lowest BCUT2D eigenvalue weighted by Gasteiger charge is -2.49. The number of methoxy groups -OCH3 is 1. The summed E-state index contributed by atoms with van der Waals surface area (Å²) in [5.74, 6) is 0.304. The van der Waals surface area contributed by atoms with Crippen LogP contribution in [-0.4, -0.2) is 51.4 Å². The fourth-order valence-electron chi connectivity index (χ4n) is 3.72. The zero-order valence-corrected chi connectivity index (χ0v) is 20.9. The summed E-state index contributed by atoms with van der Waals surface area (Å²) >= 11 is 3.74. The number of carbonyl (C=O) groups is 3. The van der Waals surface area contributed by atoms with Gasteiger partial charge in [0.25, 0.3) is 5.91 Å². The molecule has 0 aromatic heterocycles. The van der Waals surface area contributed by atoms with Crippen molar-refractivity contribution in [3.8, 4) is 5.75 Å². The predicted molar refractivity (Wildman–Crippen MR) is 134 cm³/mol. The lowest BCUT2D eigenvalue weighted by molar-refractivity contribution is -0.153. The van der Waals surface area contributed by atoms with Crippen LogP contribution < -0.4 is 10.1 Å².